The Balaban J connectivity index is 1.73. The molecule has 0 amide bonds. The van der Waals surface area contributed by atoms with Gasteiger partial charge < -0.3 is 20.6 Å². The van der Waals surface area contributed by atoms with Crippen molar-refractivity contribution in [3.05, 3.63) is 76.8 Å². The Kier molecular flexibility index (Phi) is 5.41. The van der Waals surface area contributed by atoms with Crippen LogP contribution in [-0.2, 0) is 6.54 Å². The van der Waals surface area contributed by atoms with Gasteiger partial charge in [-0.3, -0.25) is 4.57 Å². The van der Waals surface area contributed by atoms with Crippen molar-refractivity contribution in [3.8, 4) is 22.7 Å². The number of benzene rings is 2. The zero-order chi connectivity index (χ0) is 20.2. The van der Waals surface area contributed by atoms with E-state index < -0.39 is 0 Å². The minimum Gasteiger partial charge on any atom is -0.493 e. The van der Waals surface area contributed by atoms with Crippen molar-refractivity contribution < 1.29 is 9.84 Å². The first-order chi connectivity index (χ1) is 14.2. The third-order valence-corrected chi connectivity index (χ3v) is 4.70. The molecule has 0 spiro atoms. The SMILES string of the molecule is NCc1ccc(-n2cc3cc(-c4ccccc4OCCCO)[nH]c3nc2=O)cc1. The van der Waals surface area contributed by atoms with Crippen LogP contribution in [0.2, 0.25) is 0 Å². The number of aliphatic hydroxyl groups excluding tert-OH is 1. The second-order valence-electron chi connectivity index (χ2n) is 6.67. The molecular weight excluding hydrogens is 368 g/mol. The Morgan fingerprint density at radius 3 is 2.69 bits per heavy atom. The van der Waals surface area contributed by atoms with Crippen LogP contribution in [0, 0.1) is 0 Å². The Morgan fingerprint density at radius 1 is 1.14 bits per heavy atom. The van der Waals surface area contributed by atoms with Crippen molar-refractivity contribution in [2.75, 3.05) is 13.2 Å². The lowest BCUT2D eigenvalue weighted by atomic mass is 10.1. The topological polar surface area (TPSA) is 106 Å². The molecular formula is C22H22N4O3. The Bertz CT molecular complexity index is 1180. The summed E-state index contributed by atoms with van der Waals surface area (Å²) in [5.74, 6) is 0.708. The molecule has 4 aromatic rings. The lowest BCUT2D eigenvalue weighted by Gasteiger charge is -2.09. The van der Waals surface area contributed by atoms with Crippen LogP contribution in [0.25, 0.3) is 28.0 Å². The lowest BCUT2D eigenvalue weighted by molar-refractivity contribution is 0.234. The van der Waals surface area contributed by atoms with Crippen LogP contribution in [0.15, 0.2) is 65.6 Å². The summed E-state index contributed by atoms with van der Waals surface area (Å²) >= 11 is 0. The fourth-order valence-electron chi connectivity index (χ4n) is 3.18. The first kappa shape index (κ1) is 18.9. The second-order valence-corrected chi connectivity index (χ2v) is 6.67. The summed E-state index contributed by atoms with van der Waals surface area (Å²) in [4.78, 5) is 19.9. The van der Waals surface area contributed by atoms with Crippen LogP contribution in [0.1, 0.15) is 12.0 Å². The highest BCUT2D eigenvalue weighted by atomic mass is 16.5. The van der Waals surface area contributed by atoms with Crippen molar-refractivity contribution in [1.29, 1.82) is 0 Å². The fraction of sp³-hybridized carbons (Fsp3) is 0.182. The molecule has 7 heteroatoms. The second kappa shape index (κ2) is 8.30. The van der Waals surface area contributed by atoms with Crippen LogP contribution in [0.4, 0.5) is 0 Å². The molecule has 0 aliphatic rings. The molecule has 0 saturated carbocycles. The number of nitrogens with one attached hydrogen (secondary N) is 1. The van der Waals surface area contributed by atoms with Crippen LogP contribution < -0.4 is 16.2 Å². The summed E-state index contributed by atoms with van der Waals surface area (Å²) in [5.41, 5.74) is 9.21. The molecule has 0 radical (unpaired) electrons. The predicted molar refractivity (Wildman–Crippen MR) is 112 cm³/mol. The number of nitrogens with two attached hydrogens (primary N) is 1. The number of aliphatic hydroxyl groups is 1. The summed E-state index contributed by atoms with van der Waals surface area (Å²) in [5, 5.41) is 9.78. The van der Waals surface area contributed by atoms with E-state index in [4.69, 9.17) is 15.6 Å². The molecule has 2 heterocycles. The molecule has 2 aromatic heterocycles. The smallest absolute Gasteiger partial charge is 0.354 e. The molecule has 148 valence electrons. The number of para-hydroxylation sites is 1. The van der Waals surface area contributed by atoms with Gasteiger partial charge in [-0.25, -0.2) is 4.79 Å². The van der Waals surface area contributed by atoms with Crippen molar-refractivity contribution in [2.24, 2.45) is 5.73 Å². The molecule has 0 aliphatic heterocycles. The van der Waals surface area contributed by atoms with Gasteiger partial charge in [-0.2, -0.15) is 4.98 Å². The van der Waals surface area contributed by atoms with Crippen molar-refractivity contribution in [3.63, 3.8) is 0 Å². The summed E-state index contributed by atoms with van der Waals surface area (Å²) < 4.78 is 7.31. The van der Waals surface area contributed by atoms with E-state index in [1.54, 1.807) is 6.20 Å². The molecule has 4 rings (SSSR count). The van der Waals surface area contributed by atoms with Crippen molar-refractivity contribution in [2.45, 2.75) is 13.0 Å². The first-order valence-electron chi connectivity index (χ1n) is 9.44. The van der Waals surface area contributed by atoms with E-state index in [9.17, 15) is 4.79 Å². The lowest BCUT2D eigenvalue weighted by Crippen LogP contribution is -2.20. The van der Waals surface area contributed by atoms with Gasteiger partial charge >= 0.3 is 5.69 Å². The zero-order valence-electron chi connectivity index (χ0n) is 15.8. The average Bonchev–Trinajstić information content (AvgIpc) is 3.16. The minimum atomic E-state index is -0.362. The normalized spacial score (nSPS) is 11.1. The fourth-order valence-corrected chi connectivity index (χ4v) is 3.18. The van der Waals surface area contributed by atoms with Gasteiger partial charge in [-0.1, -0.05) is 24.3 Å². The summed E-state index contributed by atoms with van der Waals surface area (Å²) in [6.45, 7) is 0.958. The van der Waals surface area contributed by atoms with E-state index in [0.717, 1.165) is 27.9 Å². The number of ether oxygens (including phenoxy) is 1. The molecule has 0 unspecified atom stereocenters. The summed E-state index contributed by atoms with van der Waals surface area (Å²) in [6.07, 6.45) is 2.34. The number of nitrogens with zero attached hydrogens (tertiary/aromatic N) is 2. The van der Waals surface area contributed by atoms with Crippen molar-refractivity contribution in [1.82, 2.24) is 14.5 Å². The van der Waals surface area contributed by atoms with Gasteiger partial charge in [0.2, 0.25) is 0 Å². The Morgan fingerprint density at radius 2 is 1.93 bits per heavy atom. The third-order valence-electron chi connectivity index (χ3n) is 4.70. The zero-order valence-corrected chi connectivity index (χ0v) is 15.8. The van der Waals surface area contributed by atoms with Gasteiger partial charge in [-0.05, 0) is 35.9 Å². The van der Waals surface area contributed by atoms with E-state index in [1.807, 2.05) is 54.6 Å². The van der Waals surface area contributed by atoms with Crippen LogP contribution in [0.3, 0.4) is 0 Å². The number of aromatic amines is 1. The van der Waals surface area contributed by atoms with E-state index >= 15 is 0 Å². The van der Waals surface area contributed by atoms with Gasteiger partial charge in [0.05, 0.1) is 18.0 Å². The number of H-pyrrole nitrogens is 1. The average molecular weight is 390 g/mol. The Hall–Kier alpha value is -3.42. The van der Waals surface area contributed by atoms with E-state index in [1.165, 1.54) is 4.57 Å². The molecule has 0 bridgehead atoms. The van der Waals surface area contributed by atoms with Gasteiger partial charge in [-0.15, -0.1) is 0 Å². The van der Waals surface area contributed by atoms with Gasteiger partial charge in [0.1, 0.15) is 11.4 Å². The Labute approximate surface area is 167 Å². The monoisotopic (exact) mass is 390 g/mol. The molecule has 0 aliphatic carbocycles. The highest BCUT2D eigenvalue weighted by Crippen LogP contribution is 2.31. The van der Waals surface area contributed by atoms with E-state index in [2.05, 4.69) is 9.97 Å². The number of hydrogen-bond acceptors (Lipinski definition) is 5. The van der Waals surface area contributed by atoms with Gasteiger partial charge in [0.25, 0.3) is 0 Å². The highest BCUT2D eigenvalue weighted by molar-refractivity contribution is 5.84. The van der Waals surface area contributed by atoms with Crippen molar-refractivity contribution >= 4 is 11.0 Å². The molecule has 4 N–H and O–H groups in total. The minimum absolute atomic E-state index is 0.0804. The molecule has 2 aromatic carbocycles. The standard InChI is InChI=1S/C22H22N4O3/c23-13-15-6-8-17(9-7-15)26-14-16-12-19(24-21(16)25-22(26)28)18-4-1-2-5-20(18)29-11-3-10-27/h1-2,4-9,12,14,27H,3,10-11,13,23H2,(H,24,25,28). The maximum Gasteiger partial charge on any atom is 0.354 e. The van der Waals surface area contributed by atoms with E-state index in [0.29, 0.717) is 31.0 Å². The number of aromatic nitrogens is 3. The molecule has 0 fully saturated rings. The maximum atomic E-state index is 12.5. The maximum absolute atomic E-state index is 12.5. The highest BCUT2D eigenvalue weighted by Gasteiger charge is 2.12. The third kappa shape index (κ3) is 3.91. The molecule has 0 saturated heterocycles. The summed E-state index contributed by atoms with van der Waals surface area (Å²) in [6, 6.07) is 17.1. The summed E-state index contributed by atoms with van der Waals surface area (Å²) in [7, 11) is 0. The molecule has 0 atom stereocenters. The van der Waals surface area contributed by atoms with Crippen LogP contribution in [-0.4, -0.2) is 32.9 Å². The van der Waals surface area contributed by atoms with Gasteiger partial charge in [0, 0.05) is 36.7 Å². The van der Waals surface area contributed by atoms with E-state index in [-0.39, 0.29) is 12.3 Å². The molecule has 7 nitrogen and oxygen atoms in total. The molecule has 29 heavy (non-hydrogen) atoms. The van der Waals surface area contributed by atoms with Crippen LogP contribution in [0.5, 0.6) is 5.75 Å². The quantitative estimate of drug-likeness (QED) is 0.421. The first-order valence-corrected chi connectivity index (χ1v) is 9.44. The number of rotatable bonds is 7. The largest absolute Gasteiger partial charge is 0.493 e. The van der Waals surface area contributed by atoms with Gasteiger partial charge in [0.15, 0.2) is 0 Å². The predicted octanol–water partition coefficient (Wildman–Crippen LogP) is 2.60. The number of hydrogen-bond donors (Lipinski definition) is 3. The van der Waals surface area contributed by atoms with Crippen LogP contribution >= 0.6 is 0 Å². The number of fused-ring (bicyclic) bond motifs is 1.